The molecule has 0 bridgehead atoms. The molecule has 0 amide bonds. The maximum Gasteiger partial charge on any atom is 0.457 e. The van der Waals surface area contributed by atoms with Crippen molar-refractivity contribution in [1.82, 2.24) is 5.11 Å². The lowest BCUT2D eigenvalue weighted by molar-refractivity contribution is -0.0557. The maximum absolute atomic E-state index is 10.4. The Kier molecular flexibility index (Phi) is 1.90. The van der Waals surface area contributed by atoms with Crippen molar-refractivity contribution in [3.63, 3.8) is 0 Å². The molecule has 0 spiro atoms. The zero-order valence-corrected chi connectivity index (χ0v) is 3.36. The number of rotatable bonds is 1. The van der Waals surface area contributed by atoms with Crippen LogP contribution in [-0.2, 0) is 9.13 Å². The minimum atomic E-state index is -3.66. The van der Waals surface area contributed by atoms with E-state index in [4.69, 9.17) is 9.13 Å². The molecule has 0 atom stereocenters. The number of hydrogen-bond acceptors (Lipinski definition) is 2. The molecule has 6 heavy (non-hydrogen) atoms. The predicted molar refractivity (Wildman–Crippen MR) is 12.3 cm³/mol. The first-order valence-electron chi connectivity index (χ1n) is 0.903. The van der Waals surface area contributed by atoms with Crippen LogP contribution < -0.4 is 0 Å². The molecule has 0 unspecified atom stereocenters. The van der Waals surface area contributed by atoms with Gasteiger partial charge < -0.3 is 0 Å². The number of hydrogen-bond donors (Lipinski definition) is 0. The van der Waals surface area contributed by atoms with E-state index in [0.717, 1.165) is 0 Å². The van der Waals surface area contributed by atoms with E-state index in [0.29, 0.717) is 0 Å². The van der Waals surface area contributed by atoms with Gasteiger partial charge >= 0.3 is 7.83 Å². The quantitative estimate of drug-likeness (QED) is 0.380. The van der Waals surface area contributed by atoms with E-state index < -0.39 is 12.9 Å². The predicted octanol–water partition coefficient (Wildman–Crippen LogP) is 1.15. The minimum absolute atomic E-state index is 1.88. The first-order valence-corrected chi connectivity index (χ1v) is 2.03. The van der Waals surface area contributed by atoms with Crippen LogP contribution in [0, 0.1) is 0 Å². The van der Waals surface area contributed by atoms with Crippen molar-refractivity contribution in [3.8, 4) is 0 Å². The first kappa shape index (κ1) is 5.72. The van der Waals surface area contributed by atoms with Crippen LogP contribution in [0.2, 0.25) is 0 Å². The minimum Gasteiger partial charge on any atom is -0.213 e. The van der Waals surface area contributed by atoms with Crippen LogP contribution in [0.25, 0.3) is 0 Å². The monoisotopic (exact) mass is 115 g/mol. The third-order valence-electron chi connectivity index (χ3n) is 0.123. The van der Waals surface area contributed by atoms with Crippen molar-refractivity contribution >= 4 is 7.83 Å². The normalized spacial score (nSPS) is 9.17. The second kappa shape index (κ2) is 2.00. The molecule has 36 valence electrons. The molecule has 0 radical (unpaired) electrons. The molecular weight excluding hydrogens is 115 g/mol. The van der Waals surface area contributed by atoms with Gasteiger partial charge in [0.15, 0.2) is 0 Å². The van der Waals surface area contributed by atoms with Gasteiger partial charge in [0.25, 0.3) is 0 Å². The molecule has 0 aliphatic carbocycles. The number of halogens is 2. The van der Waals surface area contributed by atoms with Crippen LogP contribution in [0.5, 0.6) is 0 Å². The Labute approximate surface area is 32.3 Å². The average molecular weight is 115 g/mol. The van der Waals surface area contributed by atoms with Crippen molar-refractivity contribution < 1.29 is 18.1 Å². The molecule has 0 aliphatic rings. The molecular formula is F2NO2P. The van der Waals surface area contributed by atoms with E-state index in [-0.39, 0.29) is 0 Å². The largest absolute Gasteiger partial charge is 0.457 e. The summed E-state index contributed by atoms with van der Waals surface area (Å²) in [5.74, 6) is 0. The van der Waals surface area contributed by atoms with Gasteiger partial charge in [-0.15, -0.1) is 0 Å². The van der Waals surface area contributed by atoms with Gasteiger partial charge in [-0.2, -0.15) is 0 Å². The highest BCUT2D eigenvalue weighted by atomic mass is 31.1. The highest BCUT2D eigenvalue weighted by Gasteiger charge is 2.01. The molecule has 0 rings (SSSR count). The summed E-state index contributed by atoms with van der Waals surface area (Å²) in [6, 6.07) is 0. The Morgan fingerprint density at radius 3 is 1.50 bits per heavy atom. The Balaban J connectivity index is 3.57. The van der Waals surface area contributed by atoms with E-state index in [1.165, 1.54) is 0 Å². The summed E-state index contributed by atoms with van der Waals surface area (Å²) >= 11 is 0. The lowest BCUT2D eigenvalue weighted by Gasteiger charge is -1.73. The molecule has 0 heterocycles. The smallest absolute Gasteiger partial charge is 0.213 e. The Morgan fingerprint density at radius 2 is 1.50 bits per heavy atom. The summed E-state index contributed by atoms with van der Waals surface area (Å²) in [6.45, 7) is 0. The first-order chi connectivity index (χ1) is 2.64. The van der Waals surface area contributed by atoms with Crippen LogP contribution in [0.15, 0.2) is 0 Å². The molecule has 0 aromatic carbocycles. The fraction of sp³-hybridized carbons (Fsp3) is 0. The van der Waals surface area contributed by atoms with E-state index in [9.17, 15) is 8.96 Å². The summed E-state index contributed by atoms with van der Waals surface area (Å²) < 4.78 is 38.6. The Hall–Kier alpha value is -0.280. The summed E-state index contributed by atoms with van der Waals surface area (Å²) in [5.41, 5.74) is 0. The highest BCUT2D eigenvalue weighted by Crippen LogP contribution is 2.11. The molecule has 0 aliphatic heterocycles. The second-order valence-corrected chi connectivity index (χ2v) is 1.23. The van der Waals surface area contributed by atoms with Gasteiger partial charge in [-0.3, -0.25) is 0 Å². The molecule has 6 heteroatoms. The summed E-state index contributed by atoms with van der Waals surface area (Å²) in [7, 11) is -3.66. The van der Waals surface area contributed by atoms with Crippen LogP contribution in [0.4, 0.5) is 8.96 Å². The summed E-state index contributed by atoms with van der Waals surface area (Å²) in [6.07, 6.45) is 0. The van der Waals surface area contributed by atoms with Gasteiger partial charge in [0.1, 0.15) is 5.11 Å². The summed E-state index contributed by atoms with van der Waals surface area (Å²) in [5, 5.41) is -1.88. The van der Waals surface area contributed by atoms with Crippen LogP contribution >= 0.6 is 7.83 Å². The Bertz CT molecular complexity index is 87.7. The van der Waals surface area contributed by atoms with Crippen molar-refractivity contribution in [3.05, 3.63) is 0 Å². The fourth-order valence-electron chi connectivity index (χ4n) is 0. The fourth-order valence-corrected chi connectivity index (χ4v) is 0. The van der Waals surface area contributed by atoms with E-state index in [1.54, 1.807) is 0 Å². The Morgan fingerprint density at radius 1 is 1.33 bits per heavy atom. The molecule has 0 aromatic rings. The van der Waals surface area contributed by atoms with Gasteiger partial charge in [-0.05, 0) is 0 Å². The third-order valence-corrected chi connectivity index (χ3v) is 0.370. The van der Waals surface area contributed by atoms with E-state index in [2.05, 4.69) is 0 Å². The van der Waals surface area contributed by atoms with Gasteiger partial charge in [-0.25, -0.2) is 9.13 Å². The lowest BCUT2D eigenvalue weighted by atomic mass is 13.6. The van der Waals surface area contributed by atoms with Crippen molar-refractivity contribution in [2.75, 3.05) is 0 Å². The standard InChI is InChI=1S/F2NO2P/c1-3(2)6(4)5. The maximum atomic E-state index is 10.4. The molecule has 0 saturated heterocycles. The van der Waals surface area contributed by atoms with Gasteiger partial charge in [0.05, 0.1) is 0 Å². The average Bonchev–Trinajstić information content (AvgIpc) is 1.36. The molecule has 0 N–H and O–H groups in total. The van der Waals surface area contributed by atoms with Gasteiger partial charge in [-0.1, -0.05) is 8.96 Å². The van der Waals surface area contributed by atoms with Crippen molar-refractivity contribution in [1.29, 1.82) is 0 Å². The number of nitrogens with zero attached hydrogens (tertiary/aromatic N) is 1. The van der Waals surface area contributed by atoms with Crippen LogP contribution in [0.3, 0.4) is 0 Å². The molecule has 3 nitrogen and oxygen atoms in total. The zero-order valence-electron chi connectivity index (χ0n) is 2.47. The van der Waals surface area contributed by atoms with Crippen LogP contribution in [-0.4, -0.2) is 5.11 Å². The zero-order chi connectivity index (χ0) is 5.15. The molecule has 0 aromatic heterocycles. The summed E-state index contributed by atoms with van der Waals surface area (Å²) in [4.78, 5) is 0. The van der Waals surface area contributed by atoms with Crippen molar-refractivity contribution in [2.24, 2.45) is 0 Å². The van der Waals surface area contributed by atoms with E-state index >= 15 is 0 Å². The lowest BCUT2D eigenvalue weighted by Crippen LogP contribution is -1.74. The third kappa shape index (κ3) is 1.99. The van der Waals surface area contributed by atoms with Gasteiger partial charge in [0.2, 0.25) is 0 Å². The molecule has 0 fully saturated rings. The van der Waals surface area contributed by atoms with Gasteiger partial charge in [0, 0.05) is 0 Å². The second-order valence-electron chi connectivity index (χ2n) is 0.453. The molecule has 0 saturated carbocycles. The topological polar surface area (TPSA) is 37.4 Å². The van der Waals surface area contributed by atoms with Crippen LogP contribution in [0.1, 0.15) is 0 Å². The highest BCUT2D eigenvalue weighted by molar-refractivity contribution is 7.27. The van der Waals surface area contributed by atoms with Crippen molar-refractivity contribution in [2.45, 2.75) is 0 Å². The SMILES string of the molecule is O=P(=O)N(F)F. The van der Waals surface area contributed by atoms with E-state index in [1.807, 2.05) is 0 Å².